The van der Waals surface area contributed by atoms with Gasteiger partial charge in [-0.1, -0.05) is 32.0 Å². The molecule has 0 spiro atoms. The molecule has 0 aliphatic carbocycles. The van der Waals surface area contributed by atoms with Crippen LogP contribution in [-0.2, 0) is 11.0 Å². The zero-order valence-electron chi connectivity index (χ0n) is 26.1. The van der Waals surface area contributed by atoms with Crippen LogP contribution in [0.4, 0.5) is 36.2 Å². The number of anilines is 4. The Morgan fingerprint density at radius 2 is 1.80 bits per heavy atom. The number of nitrogens with one attached hydrogen (secondary N) is 2. The molecule has 0 bridgehead atoms. The molecule has 2 heterocycles. The molecule has 11 nitrogen and oxygen atoms in total. The van der Waals surface area contributed by atoms with Crippen molar-refractivity contribution in [2.45, 2.75) is 20.0 Å². The second-order valence-corrected chi connectivity index (χ2v) is 10.1. The smallest absolute Gasteiger partial charge is 0.421 e. The maximum atomic E-state index is 14.1. The fourth-order valence-electron chi connectivity index (χ4n) is 4.20. The van der Waals surface area contributed by atoms with Crippen molar-refractivity contribution < 1.29 is 27.4 Å². The molecule has 45 heavy (non-hydrogen) atoms. The minimum Gasteiger partial charge on any atom is -0.494 e. The minimum absolute atomic E-state index is 0.0667. The Balaban J connectivity index is 0.00000271. The number of hydrogen-bond donors (Lipinski definition) is 2. The lowest BCUT2D eigenvalue weighted by atomic mass is 10.2. The van der Waals surface area contributed by atoms with E-state index in [0.717, 1.165) is 17.3 Å². The Morgan fingerprint density at radius 1 is 1.09 bits per heavy atom. The number of halogens is 4. The summed E-state index contributed by atoms with van der Waals surface area (Å²) in [6.45, 7) is 8.86. The van der Waals surface area contributed by atoms with Crippen molar-refractivity contribution in [3.05, 3.63) is 59.8 Å². The summed E-state index contributed by atoms with van der Waals surface area (Å²) in [6.07, 6.45) is -3.01. The van der Waals surface area contributed by atoms with Crippen molar-refractivity contribution in [2.24, 2.45) is 0 Å². The van der Waals surface area contributed by atoms with Gasteiger partial charge in [-0.05, 0) is 44.4 Å². The van der Waals surface area contributed by atoms with E-state index >= 15 is 0 Å². The first-order chi connectivity index (χ1) is 21.4. The highest BCUT2D eigenvalue weighted by atomic mass is 35.5. The number of likely N-dealkylation sites (N-methyl/N-ethyl adjacent to an activating group) is 2. The van der Waals surface area contributed by atoms with E-state index in [2.05, 4.69) is 32.3 Å². The van der Waals surface area contributed by atoms with Crippen LogP contribution in [0, 0.1) is 0 Å². The molecule has 0 saturated carbocycles. The van der Waals surface area contributed by atoms with Crippen LogP contribution in [0.15, 0.2) is 49.2 Å². The summed E-state index contributed by atoms with van der Waals surface area (Å²) in [4.78, 5) is 24.3. The van der Waals surface area contributed by atoms with Crippen molar-refractivity contribution in [3.63, 3.8) is 0 Å². The fraction of sp³-hybridized carbons (Fsp3) is 0.333. The molecule has 4 aromatic rings. The van der Waals surface area contributed by atoms with E-state index in [1.165, 1.54) is 32.4 Å². The fourth-order valence-corrected chi connectivity index (χ4v) is 4.37. The molecule has 2 aromatic heterocycles. The molecule has 4 rings (SSSR count). The van der Waals surface area contributed by atoms with Gasteiger partial charge in [-0.3, -0.25) is 4.79 Å². The van der Waals surface area contributed by atoms with Crippen LogP contribution < -0.4 is 25.0 Å². The third-order valence-electron chi connectivity index (χ3n) is 6.38. The highest BCUT2D eigenvalue weighted by Crippen LogP contribution is 2.40. The third kappa shape index (κ3) is 8.13. The van der Waals surface area contributed by atoms with Crippen LogP contribution in [-0.4, -0.2) is 79.0 Å². The Bertz CT molecular complexity index is 1660. The minimum atomic E-state index is -4.80. The number of alkyl halides is 3. The first-order valence-electron chi connectivity index (χ1n) is 13.8. The van der Waals surface area contributed by atoms with Gasteiger partial charge in [0.25, 0.3) is 0 Å². The van der Waals surface area contributed by atoms with Gasteiger partial charge in [0.1, 0.15) is 11.3 Å². The van der Waals surface area contributed by atoms with Gasteiger partial charge in [0.2, 0.25) is 17.7 Å². The van der Waals surface area contributed by atoms with Crippen molar-refractivity contribution in [1.82, 2.24) is 24.6 Å². The first kappa shape index (κ1) is 34.9. The van der Waals surface area contributed by atoms with E-state index < -0.39 is 23.5 Å². The van der Waals surface area contributed by atoms with Gasteiger partial charge in [-0.2, -0.15) is 18.2 Å². The lowest BCUT2D eigenvalue weighted by Gasteiger charge is -2.26. The molecule has 0 fully saturated rings. The molecule has 242 valence electrons. The Kier molecular flexibility index (Phi) is 11.6. The predicted molar refractivity (Wildman–Crippen MR) is 171 cm³/mol. The summed E-state index contributed by atoms with van der Waals surface area (Å²) in [5.41, 5.74) is 0.493. The lowest BCUT2D eigenvalue weighted by molar-refractivity contribution is -0.138. The van der Waals surface area contributed by atoms with Crippen LogP contribution >= 0.6 is 11.6 Å². The normalized spacial score (nSPS) is 11.1. The SMILES string of the molecule is C=CC(=O)Nc1cc(Nc2ncc(C(F)(F)F)c(-n3nc(OC)c4cc(Cl)ccc43)n2)c(OC)cc1N(C)CCN(C)C.CC. The number of aromatic nitrogens is 4. The number of hydrogen-bond acceptors (Lipinski definition) is 9. The molecule has 0 radical (unpaired) electrons. The van der Waals surface area contributed by atoms with Crippen molar-refractivity contribution >= 4 is 51.4 Å². The number of carbonyl (C=O) groups is 1. The summed E-state index contributed by atoms with van der Waals surface area (Å²) >= 11 is 6.11. The van der Waals surface area contributed by atoms with Crippen LogP contribution in [0.5, 0.6) is 11.6 Å². The Hall–Kier alpha value is -4.56. The van der Waals surface area contributed by atoms with Crippen LogP contribution in [0.3, 0.4) is 0 Å². The van der Waals surface area contributed by atoms with Crippen molar-refractivity contribution in [1.29, 1.82) is 0 Å². The quantitative estimate of drug-likeness (QED) is 0.179. The van der Waals surface area contributed by atoms with Gasteiger partial charge in [-0.25, -0.2) is 9.67 Å². The molecule has 0 aliphatic heterocycles. The summed E-state index contributed by atoms with van der Waals surface area (Å²) in [6, 6.07) is 7.85. The predicted octanol–water partition coefficient (Wildman–Crippen LogP) is 6.40. The van der Waals surface area contributed by atoms with Gasteiger partial charge < -0.3 is 29.9 Å². The number of ether oxygens (including phenoxy) is 2. The Morgan fingerprint density at radius 3 is 2.40 bits per heavy atom. The summed E-state index contributed by atoms with van der Waals surface area (Å²) in [5, 5.41) is 10.7. The van der Waals surface area contributed by atoms with Crippen LogP contribution in [0.1, 0.15) is 19.4 Å². The maximum absolute atomic E-state index is 14.1. The zero-order chi connectivity index (χ0) is 33.5. The average Bonchev–Trinajstić information content (AvgIpc) is 3.38. The molecule has 2 aromatic carbocycles. The number of fused-ring (bicyclic) bond motifs is 1. The topological polar surface area (TPSA) is 110 Å². The Labute approximate surface area is 264 Å². The second-order valence-electron chi connectivity index (χ2n) is 9.62. The lowest BCUT2D eigenvalue weighted by Crippen LogP contribution is -2.29. The highest BCUT2D eigenvalue weighted by Gasteiger charge is 2.37. The number of rotatable bonds is 11. The van der Waals surface area contributed by atoms with E-state index in [9.17, 15) is 18.0 Å². The molecule has 15 heteroatoms. The zero-order valence-corrected chi connectivity index (χ0v) is 26.8. The monoisotopic (exact) mass is 648 g/mol. The van der Waals surface area contributed by atoms with E-state index in [1.807, 2.05) is 44.8 Å². The standard InChI is InChI=1S/C28H30ClF3N8O3.C2H6/c1-7-24(41)34-19-13-20(23(42-5)14-22(19)39(4)11-10-38(2)3)35-27-33-15-18(28(30,31)32)25(36-27)40-21-9-8-16(29)12-17(21)26(37-40)43-6;1-2/h7-9,12-15H,1,10-11H2,2-6H3,(H,34,41)(H,33,35,36);1-2H3. The van der Waals surface area contributed by atoms with Crippen molar-refractivity contribution in [3.8, 4) is 17.4 Å². The van der Waals surface area contributed by atoms with E-state index in [4.69, 9.17) is 21.1 Å². The number of carbonyl (C=O) groups excluding carboxylic acids is 1. The second kappa shape index (κ2) is 14.9. The third-order valence-corrected chi connectivity index (χ3v) is 6.61. The number of amides is 1. The molecule has 0 unspecified atom stereocenters. The molecule has 0 atom stereocenters. The maximum Gasteiger partial charge on any atom is 0.421 e. The molecular formula is C30H36ClF3N8O3. The molecule has 2 N–H and O–H groups in total. The van der Waals surface area contributed by atoms with Gasteiger partial charge >= 0.3 is 6.18 Å². The number of benzene rings is 2. The molecular weight excluding hydrogens is 613 g/mol. The highest BCUT2D eigenvalue weighted by molar-refractivity contribution is 6.31. The van der Waals surface area contributed by atoms with Crippen LogP contribution in [0.2, 0.25) is 5.02 Å². The van der Waals surface area contributed by atoms with E-state index in [1.54, 1.807) is 12.1 Å². The largest absolute Gasteiger partial charge is 0.494 e. The van der Waals surface area contributed by atoms with Gasteiger partial charge in [0.05, 0.1) is 42.2 Å². The molecule has 0 saturated heterocycles. The first-order valence-corrected chi connectivity index (χ1v) is 14.2. The van der Waals surface area contributed by atoms with Gasteiger partial charge in [0, 0.05) is 37.4 Å². The average molecular weight is 649 g/mol. The molecule has 1 amide bonds. The number of nitrogens with zero attached hydrogens (tertiary/aromatic N) is 6. The van der Waals surface area contributed by atoms with Crippen molar-refractivity contribution in [2.75, 3.05) is 64.0 Å². The number of methoxy groups -OCH3 is 2. The van der Waals surface area contributed by atoms with Gasteiger partial charge in [-0.15, -0.1) is 5.10 Å². The summed E-state index contributed by atoms with van der Waals surface area (Å²) in [7, 11) is 8.53. The molecule has 0 aliphatic rings. The summed E-state index contributed by atoms with van der Waals surface area (Å²) in [5.74, 6) is -0.787. The van der Waals surface area contributed by atoms with Crippen LogP contribution in [0.25, 0.3) is 16.7 Å². The van der Waals surface area contributed by atoms with Gasteiger partial charge in [0.15, 0.2) is 5.82 Å². The van der Waals surface area contributed by atoms with E-state index in [0.29, 0.717) is 40.3 Å². The van der Waals surface area contributed by atoms with E-state index in [-0.39, 0.29) is 23.0 Å². The summed E-state index contributed by atoms with van der Waals surface area (Å²) < 4.78 is 54.3.